The first kappa shape index (κ1) is 14.1. The monoisotopic (exact) mass is 302 g/mol. The topological polar surface area (TPSA) is 90.9 Å². The maximum Gasteiger partial charge on any atom is 0.226 e. The van der Waals surface area contributed by atoms with Gasteiger partial charge in [-0.1, -0.05) is 6.07 Å². The van der Waals surface area contributed by atoms with Gasteiger partial charge in [0.2, 0.25) is 5.95 Å². The van der Waals surface area contributed by atoms with Gasteiger partial charge in [0.05, 0.1) is 18.7 Å². The number of methoxy groups -OCH3 is 1. The lowest BCUT2D eigenvalue weighted by molar-refractivity contribution is 0.386. The lowest BCUT2D eigenvalue weighted by Crippen LogP contribution is -2.07. The van der Waals surface area contributed by atoms with Crippen LogP contribution in [-0.2, 0) is 13.6 Å². The second-order valence-corrected chi connectivity index (χ2v) is 4.76. The van der Waals surface area contributed by atoms with Gasteiger partial charge in [-0.2, -0.15) is 15.1 Å². The second kappa shape index (κ2) is 5.47. The zero-order chi connectivity index (χ0) is 15.7. The van der Waals surface area contributed by atoms with Gasteiger partial charge in [-0.3, -0.25) is 4.68 Å². The Kier molecular flexibility index (Phi) is 3.50. The summed E-state index contributed by atoms with van der Waals surface area (Å²) in [5.74, 6) is 0.510. The molecule has 0 unspecified atom stereocenters. The summed E-state index contributed by atoms with van der Waals surface area (Å²) in [6.45, 7) is 0.365. The number of nitrogens with one attached hydrogen (secondary N) is 1. The number of aryl methyl sites for hydroxylation is 1. The maximum atomic E-state index is 13.6. The van der Waals surface area contributed by atoms with Crippen LogP contribution in [0.3, 0.4) is 0 Å². The highest BCUT2D eigenvalue weighted by atomic mass is 19.1. The fourth-order valence-electron chi connectivity index (χ4n) is 2.12. The largest absolute Gasteiger partial charge is 0.494 e. The Morgan fingerprint density at radius 3 is 2.91 bits per heavy atom. The molecular weight excluding hydrogens is 287 g/mol. The normalized spacial score (nSPS) is 10.9. The Bertz CT molecular complexity index is 832. The molecule has 1 aromatic carbocycles. The van der Waals surface area contributed by atoms with Crippen LogP contribution in [0.25, 0.3) is 11.0 Å². The van der Waals surface area contributed by atoms with E-state index in [0.717, 1.165) is 5.56 Å². The van der Waals surface area contributed by atoms with E-state index in [1.54, 1.807) is 30.1 Å². The molecule has 0 aliphatic rings. The molecule has 3 rings (SSSR count). The SMILES string of the molecule is COc1ccc(CNc2nc(N)c3cnn(C)c3n2)cc1F. The fraction of sp³-hybridized carbons (Fsp3) is 0.214. The third-order valence-corrected chi connectivity index (χ3v) is 3.29. The molecule has 0 fully saturated rings. The Morgan fingerprint density at radius 1 is 1.36 bits per heavy atom. The van der Waals surface area contributed by atoms with Gasteiger partial charge in [0.15, 0.2) is 17.2 Å². The first-order valence-electron chi connectivity index (χ1n) is 6.60. The smallest absolute Gasteiger partial charge is 0.226 e. The van der Waals surface area contributed by atoms with Crippen molar-refractivity contribution in [2.45, 2.75) is 6.54 Å². The molecule has 3 aromatic rings. The number of hydrogen-bond acceptors (Lipinski definition) is 6. The standard InChI is InChI=1S/C14H15FN6O/c1-21-13-9(7-18-21)12(16)19-14(20-13)17-6-8-3-4-11(22-2)10(15)5-8/h3-5,7H,6H2,1-2H3,(H3,16,17,19,20). The van der Waals surface area contributed by atoms with Gasteiger partial charge in [0.25, 0.3) is 0 Å². The summed E-state index contributed by atoms with van der Waals surface area (Å²) in [5.41, 5.74) is 7.26. The highest BCUT2D eigenvalue weighted by Gasteiger charge is 2.09. The molecule has 114 valence electrons. The van der Waals surface area contributed by atoms with E-state index >= 15 is 0 Å². The average molecular weight is 302 g/mol. The van der Waals surface area contributed by atoms with Gasteiger partial charge in [-0.25, -0.2) is 4.39 Å². The maximum absolute atomic E-state index is 13.6. The number of fused-ring (bicyclic) bond motifs is 1. The molecule has 0 radical (unpaired) electrons. The molecule has 0 saturated heterocycles. The average Bonchev–Trinajstić information content (AvgIpc) is 2.87. The van der Waals surface area contributed by atoms with E-state index < -0.39 is 5.82 Å². The summed E-state index contributed by atoms with van der Waals surface area (Å²) in [7, 11) is 3.20. The van der Waals surface area contributed by atoms with Crippen molar-refractivity contribution in [3.63, 3.8) is 0 Å². The van der Waals surface area contributed by atoms with Crippen LogP contribution < -0.4 is 15.8 Å². The van der Waals surface area contributed by atoms with Crippen LogP contribution >= 0.6 is 0 Å². The predicted octanol–water partition coefficient (Wildman–Crippen LogP) is 1.71. The number of rotatable bonds is 4. The van der Waals surface area contributed by atoms with Gasteiger partial charge in [0, 0.05) is 13.6 Å². The van der Waals surface area contributed by atoms with Crippen molar-refractivity contribution in [2.75, 3.05) is 18.2 Å². The van der Waals surface area contributed by atoms with Crippen molar-refractivity contribution in [3.8, 4) is 5.75 Å². The van der Waals surface area contributed by atoms with E-state index in [4.69, 9.17) is 10.5 Å². The van der Waals surface area contributed by atoms with Crippen molar-refractivity contribution in [3.05, 3.63) is 35.8 Å². The van der Waals surface area contributed by atoms with Gasteiger partial charge < -0.3 is 15.8 Å². The van der Waals surface area contributed by atoms with Gasteiger partial charge in [0.1, 0.15) is 5.82 Å². The van der Waals surface area contributed by atoms with E-state index in [9.17, 15) is 4.39 Å². The summed E-state index contributed by atoms with van der Waals surface area (Å²) >= 11 is 0. The minimum Gasteiger partial charge on any atom is -0.494 e. The molecule has 2 aromatic heterocycles. The van der Waals surface area contributed by atoms with Crippen molar-refractivity contribution in [1.29, 1.82) is 0 Å². The summed E-state index contributed by atoms with van der Waals surface area (Å²) < 4.78 is 20.1. The zero-order valence-electron chi connectivity index (χ0n) is 12.2. The summed E-state index contributed by atoms with van der Waals surface area (Å²) in [6.07, 6.45) is 1.62. The van der Waals surface area contributed by atoms with Crippen molar-refractivity contribution < 1.29 is 9.13 Å². The lowest BCUT2D eigenvalue weighted by atomic mass is 10.2. The Labute approximate surface area is 125 Å². The number of anilines is 2. The van der Waals surface area contributed by atoms with Crippen LogP contribution in [0.2, 0.25) is 0 Å². The summed E-state index contributed by atoms with van der Waals surface area (Å²) in [4.78, 5) is 8.52. The fourth-order valence-corrected chi connectivity index (χ4v) is 2.12. The van der Waals surface area contributed by atoms with Crippen molar-refractivity contribution >= 4 is 22.8 Å². The van der Waals surface area contributed by atoms with Crippen molar-refractivity contribution in [2.24, 2.45) is 7.05 Å². The molecule has 0 spiro atoms. The predicted molar refractivity (Wildman–Crippen MR) is 81.0 cm³/mol. The number of nitrogen functional groups attached to an aromatic ring is 1. The summed E-state index contributed by atoms with van der Waals surface area (Å²) in [5, 5.41) is 7.81. The number of aromatic nitrogens is 4. The van der Waals surface area contributed by atoms with E-state index in [-0.39, 0.29) is 5.75 Å². The first-order chi connectivity index (χ1) is 10.6. The Balaban J connectivity index is 1.81. The van der Waals surface area contributed by atoms with E-state index in [1.165, 1.54) is 13.2 Å². The van der Waals surface area contributed by atoms with E-state index in [2.05, 4.69) is 20.4 Å². The number of halogens is 1. The van der Waals surface area contributed by atoms with E-state index in [1.807, 2.05) is 0 Å². The highest BCUT2D eigenvalue weighted by molar-refractivity contribution is 5.86. The third-order valence-electron chi connectivity index (χ3n) is 3.29. The molecule has 0 aliphatic heterocycles. The Morgan fingerprint density at radius 2 is 2.18 bits per heavy atom. The minimum absolute atomic E-state index is 0.209. The molecule has 22 heavy (non-hydrogen) atoms. The molecule has 0 amide bonds. The van der Waals surface area contributed by atoms with E-state index in [0.29, 0.717) is 29.3 Å². The second-order valence-electron chi connectivity index (χ2n) is 4.76. The first-order valence-corrected chi connectivity index (χ1v) is 6.60. The highest BCUT2D eigenvalue weighted by Crippen LogP contribution is 2.20. The molecule has 0 atom stereocenters. The third kappa shape index (κ3) is 2.50. The molecule has 3 N–H and O–H groups in total. The van der Waals surface area contributed by atoms with Crippen molar-refractivity contribution in [1.82, 2.24) is 19.7 Å². The molecule has 0 aliphatic carbocycles. The number of ether oxygens (including phenoxy) is 1. The molecule has 2 heterocycles. The number of hydrogen-bond donors (Lipinski definition) is 2. The number of benzene rings is 1. The number of nitrogens with zero attached hydrogens (tertiary/aromatic N) is 4. The minimum atomic E-state index is -0.413. The van der Waals surface area contributed by atoms with Crippen LogP contribution in [0.4, 0.5) is 16.2 Å². The molecular formula is C14H15FN6O. The lowest BCUT2D eigenvalue weighted by Gasteiger charge is -2.08. The molecule has 0 saturated carbocycles. The van der Waals surface area contributed by atoms with Crippen LogP contribution in [0, 0.1) is 5.82 Å². The molecule has 0 bridgehead atoms. The van der Waals surface area contributed by atoms with Crippen LogP contribution in [0.5, 0.6) is 5.75 Å². The molecule has 7 nitrogen and oxygen atoms in total. The van der Waals surface area contributed by atoms with Gasteiger partial charge in [-0.15, -0.1) is 0 Å². The zero-order valence-corrected chi connectivity index (χ0v) is 12.2. The van der Waals surface area contributed by atoms with Crippen LogP contribution in [0.15, 0.2) is 24.4 Å². The molecule has 8 heteroatoms. The Hall–Kier alpha value is -2.90. The number of nitrogens with two attached hydrogens (primary N) is 1. The van der Waals surface area contributed by atoms with Crippen LogP contribution in [-0.4, -0.2) is 26.9 Å². The van der Waals surface area contributed by atoms with Crippen LogP contribution in [0.1, 0.15) is 5.56 Å². The van der Waals surface area contributed by atoms with Gasteiger partial charge in [-0.05, 0) is 17.7 Å². The van der Waals surface area contributed by atoms with Gasteiger partial charge >= 0.3 is 0 Å². The quantitative estimate of drug-likeness (QED) is 0.762. The summed E-state index contributed by atoms with van der Waals surface area (Å²) in [6, 6.07) is 4.74.